The molecule has 0 saturated carbocycles. The van der Waals surface area contributed by atoms with Crippen LogP contribution in [0.5, 0.6) is 0 Å². The van der Waals surface area contributed by atoms with Gasteiger partial charge in [0.05, 0.1) is 0 Å². The predicted octanol–water partition coefficient (Wildman–Crippen LogP) is 4.91. The van der Waals surface area contributed by atoms with Crippen molar-refractivity contribution in [2.24, 2.45) is 5.92 Å². The zero-order valence-electron chi connectivity index (χ0n) is 13.9. The van der Waals surface area contributed by atoms with E-state index in [1.807, 2.05) is 23.9 Å². The van der Waals surface area contributed by atoms with Gasteiger partial charge in [-0.15, -0.1) is 0 Å². The summed E-state index contributed by atoms with van der Waals surface area (Å²) >= 11 is 1.99. The normalized spacial score (nSPS) is 13.4. The third-order valence-electron chi connectivity index (χ3n) is 3.49. The Labute approximate surface area is 134 Å². The molecular weight excluding hydrogens is 281 g/mol. The largest absolute Gasteiger partial charge is 0.312 e. The fraction of sp³-hybridized carbons (Fsp3) is 0.667. The van der Waals surface area contributed by atoms with Crippen molar-refractivity contribution in [1.82, 2.24) is 5.32 Å². The average Bonchev–Trinajstić information content (AvgIpc) is 2.42. The number of thioether (sulfide) groups is 1. The number of rotatable bonds is 9. The smallest absolute Gasteiger partial charge is 0.126 e. The molecule has 0 aromatic heterocycles. The van der Waals surface area contributed by atoms with Crippen molar-refractivity contribution in [3.05, 3.63) is 35.6 Å². The van der Waals surface area contributed by atoms with Gasteiger partial charge in [0.15, 0.2) is 0 Å². The Morgan fingerprint density at radius 3 is 2.57 bits per heavy atom. The van der Waals surface area contributed by atoms with Crippen molar-refractivity contribution in [1.29, 1.82) is 0 Å². The molecule has 0 amide bonds. The summed E-state index contributed by atoms with van der Waals surface area (Å²) in [5.41, 5.74) is 0.965. The zero-order chi connectivity index (χ0) is 15.7. The van der Waals surface area contributed by atoms with E-state index >= 15 is 0 Å². The van der Waals surface area contributed by atoms with Crippen LogP contribution in [0.15, 0.2) is 24.3 Å². The number of halogens is 1. The van der Waals surface area contributed by atoms with Gasteiger partial charge in [0, 0.05) is 5.54 Å². The summed E-state index contributed by atoms with van der Waals surface area (Å²) in [6.07, 6.45) is 3.19. The summed E-state index contributed by atoms with van der Waals surface area (Å²) in [7, 11) is 0. The molecule has 120 valence electrons. The van der Waals surface area contributed by atoms with Crippen LogP contribution in [0.2, 0.25) is 0 Å². The molecule has 3 heteroatoms. The van der Waals surface area contributed by atoms with E-state index < -0.39 is 0 Å². The van der Waals surface area contributed by atoms with Crippen LogP contribution < -0.4 is 5.32 Å². The first-order valence-electron chi connectivity index (χ1n) is 7.98. The Bertz CT molecular complexity index is 400. The molecule has 0 fully saturated rings. The summed E-state index contributed by atoms with van der Waals surface area (Å²) in [5, 5.41) is 3.57. The van der Waals surface area contributed by atoms with E-state index in [-0.39, 0.29) is 11.4 Å². The summed E-state index contributed by atoms with van der Waals surface area (Å²) in [4.78, 5) is 0. The van der Waals surface area contributed by atoms with E-state index in [1.165, 1.54) is 17.9 Å². The van der Waals surface area contributed by atoms with E-state index in [0.29, 0.717) is 5.92 Å². The summed E-state index contributed by atoms with van der Waals surface area (Å²) in [5.74, 6) is 2.82. The SMILES string of the molecule is CCSCCCC(CNC(C)(C)C)Cc1ccccc1F. The highest BCUT2D eigenvalue weighted by Gasteiger charge is 2.16. The second-order valence-electron chi connectivity index (χ2n) is 6.63. The molecule has 0 heterocycles. The molecule has 0 aliphatic heterocycles. The number of nitrogens with one attached hydrogen (secondary N) is 1. The molecule has 1 aromatic carbocycles. The zero-order valence-corrected chi connectivity index (χ0v) is 14.7. The van der Waals surface area contributed by atoms with Gasteiger partial charge in [-0.1, -0.05) is 25.1 Å². The molecule has 0 aliphatic carbocycles. The maximum absolute atomic E-state index is 13.8. The van der Waals surface area contributed by atoms with E-state index in [2.05, 4.69) is 33.0 Å². The maximum Gasteiger partial charge on any atom is 0.126 e. The lowest BCUT2D eigenvalue weighted by atomic mass is 9.93. The van der Waals surface area contributed by atoms with Crippen molar-refractivity contribution in [2.45, 2.75) is 52.5 Å². The lowest BCUT2D eigenvalue weighted by molar-refractivity contribution is 0.353. The topological polar surface area (TPSA) is 12.0 Å². The van der Waals surface area contributed by atoms with Crippen LogP contribution in [0.3, 0.4) is 0 Å². The molecular formula is C18H30FNS. The van der Waals surface area contributed by atoms with Gasteiger partial charge >= 0.3 is 0 Å². The number of hydrogen-bond donors (Lipinski definition) is 1. The third kappa shape index (κ3) is 8.47. The summed E-state index contributed by atoms with van der Waals surface area (Å²) in [6, 6.07) is 7.18. The van der Waals surface area contributed by atoms with Crippen molar-refractivity contribution >= 4 is 11.8 Å². The van der Waals surface area contributed by atoms with Crippen molar-refractivity contribution in [3.63, 3.8) is 0 Å². The minimum atomic E-state index is -0.0683. The van der Waals surface area contributed by atoms with Gasteiger partial charge in [-0.25, -0.2) is 4.39 Å². The molecule has 21 heavy (non-hydrogen) atoms. The Morgan fingerprint density at radius 2 is 1.95 bits per heavy atom. The maximum atomic E-state index is 13.8. The minimum Gasteiger partial charge on any atom is -0.312 e. The molecule has 1 nitrogen and oxygen atoms in total. The van der Waals surface area contributed by atoms with Gasteiger partial charge in [-0.3, -0.25) is 0 Å². The van der Waals surface area contributed by atoms with Crippen molar-refractivity contribution < 1.29 is 4.39 Å². The van der Waals surface area contributed by atoms with E-state index in [4.69, 9.17) is 0 Å². The van der Waals surface area contributed by atoms with Gasteiger partial charge in [0.25, 0.3) is 0 Å². The van der Waals surface area contributed by atoms with Crippen LogP contribution in [0.1, 0.15) is 46.1 Å². The monoisotopic (exact) mass is 311 g/mol. The van der Waals surface area contributed by atoms with Crippen LogP contribution >= 0.6 is 11.8 Å². The Morgan fingerprint density at radius 1 is 1.24 bits per heavy atom. The molecule has 0 radical (unpaired) electrons. The van der Waals surface area contributed by atoms with Gasteiger partial charge < -0.3 is 5.32 Å². The first-order chi connectivity index (χ1) is 9.92. The highest BCUT2D eigenvalue weighted by molar-refractivity contribution is 7.99. The molecule has 1 aromatic rings. The van der Waals surface area contributed by atoms with Gasteiger partial charge in [-0.2, -0.15) is 11.8 Å². The van der Waals surface area contributed by atoms with Crippen LogP contribution in [0.25, 0.3) is 0 Å². The Kier molecular flexibility index (Phi) is 8.35. The van der Waals surface area contributed by atoms with Crippen LogP contribution in [0, 0.1) is 11.7 Å². The molecule has 0 spiro atoms. The highest BCUT2D eigenvalue weighted by atomic mass is 32.2. The molecule has 1 atom stereocenters. The Balaban J connectivity index is 2.56. The number of benzene rings is 1. The highest BCUT2D eigenvalue weighted by Crippen LogP contribution is 2.18. The lowest BCUT2D eigenvalue weighted by Gasteiger charge is -2.25. The predicted molar refractivity (Wildman–Crippen MR) is 93.6 cm³/mol. The minimum absolute atomic E-state index is 0.0683. The van der Waals surface area contributed by atoms with Crippen LogP contribution in [0.4, 0.5) is 4.39 Å². The van der Waals surface area contributed by atoms with Crippen molar-refractivity contribution in [2.75, 3.05) is 18.1 Å². The first kappa shape index (κ1) is 18.5. The van der Waals surface area contributed by atoms with Crippen molar-refractivity contribution in [3.8, 4) is 0 Å². The van der Waals surface area contributed by atoms with E-state index in [9.17, 15) is 4.39 Å². The third-order valence-corrected chi connectivity index (χ3v) is 4.48. The summed E-state index contributed by atoms with van der Waals surface area (Å²) in [6.45, 7) is 9.69. The number of hydrogen-bond acceptors (Lipinski definition) is 2. The molecule has 0 aliphatic rings. The second kappa shape index (κ2) is 9.47. The lowest BCUT2D eigenvalue weighted by Crippen LogP contribution is -2.39. The van der Waals surface area contributed by atoms with E-state index in [0.717, 1.165) is 24.9 Å². The average molecular weight is 312 g/mol. The summed E-state index contributed by atoms with van der Waals surface area (Å²) < 4.78 is 13.8. The fourth-order valence-electron chi connectivity index (χ4n) is 2.32. The van der Waals surface area contributed by atoms with E-state index in [1.54, 1.807) is 12.1 Å². The van der Waals surface area contributed by atoms with Crippen LogP contribution in [-0.2, 0) is 6.42 Å². The standard InChI is InChI=1S/C18H30FNS/c1-5-21-12-8-9-15(14-20-18(2,3)4)13-16-10-6-7-11-17(16)19/h6-7,10-11,15,20H,5,8-9,12-14H2,1-4H3. The second-order valence-corrected chi connectivity index (χ2v) is 8.03. The molecule has 1 N–H and O–H groups in total. The molecule has 0 bridgehead atoms. The molecule has 1 rings (SSSR count). The molecule has 0 saturated heterocycles. The molecule has 1 unspecified atom stereocenters. The first-order valence-corrected chi connectivity index (χ1v) is 9.14. The quantitative estimate of drug-likeness (QED) is 0.651. The fourth-order valence-corrected chi connectivity index (χ4v) is 2.98. The van der Waals surface area contributed by atoms with Gasteiger partial charge in [0.2, 0.25) is 0 Å². The van der Waals surface area contributed by atoms with Gasteiger partial charge in [0.1, 0.15) is 5.82 Å². The van der Waals surface area contributed by atoms with Gasteiger partial charge in [-0.05, 0) is 75.6 Å². The van der Waals surface area contributed by atoms with Crippen LogP contribution in [-0.4, -0.2) is 23.6 Å². The Hall–Kier alpha value is -0.540.